The van der Waals surface area contributed by atoms with Crippen LogP contribution in [0.4, 0.5) is 4.39 Å². The van der Waals surface area contributed by atoms with Gasteiger partial charge in [0.2, 0.25) is 0 Å². The summed E-state index contributed by atoms with van der Waals surface area (Å²) in [6.45, 7) is 2.01. The predicted molar refractivity (Wildman–Crippen MR) is 71.1 cm³/mol. The first-order valence-electron chi connectivity index (χ1n) is 6.38. The SMILES string of the molecule is Fc1ccc(Cc2cccc3c2CCNC3)cc1. The van der Waals surface area contributed by atoms with Crippen LogP contribution < -0.4 is 5.32 Å². The van der Waals surface area contributed by atoms with Gasteiger partial charge < -0.3 is 5.32 Å². The molecule has 0 aromatic heterocycles. The van der Waals surface area contributed by atoms with Crippen molar-refractivity contribution in [2.75, 3.05) is 6.54 Å². The van der Waals surface area contributed by atoms with E-state index in [1.165, 1.54) is 34.4 Å². The van der Waals surface area contributed by atoms with Gasteiger partial charge in [-0.15, -0.1) is 0 Å². The zero-order chi connectivity index (χ0) is 12.4. The van der Waals surface area contributed by atoms with Crippen molar-refractivity contribution in [1.82, 2.24) is 5.32 Å². The normalized spacial score (nSPS) is 14.3. The van der Waals surface area contributed by atoms with E-state index in [1.54, 1.807) is 0 Å². The summed E-state index contributed by atoms with van der Waals surface area (Å²) < 4.78 is 12.9. The highest BCUT2D eigenvalue weighted by Crippen LogP contribution is 2.21. The van der Waals surface area contributed by atoms with Crippen molar-refractivity contribution in [3.8, 4) is 0 Å². The largest absolute Gasteiger partial charge is 0.312 e. The quantitative estimate of drug-likeness (QED) is 0.852. The van der Waals surface area contributed by atoms with Gasteiger partial charge in [0.05, 0.1) is 0 Å². The Morgan fingerprint density at radius 1 is 1.06 bits per heavy atom. The molecule has 1 N–H and O–H groups in total. The number of nitrogens with one attached hydrogen (secondary N) is 1. The molecule has 0 unspecified atom stereocenters. The van der Waals surface area contributed by atoms with Crippen molar-refractivity contribution in [3.63, 3.8) is 0 Å². The Morgan fingerprint density at radius 3 is 2.72 bits per heavy atom. The van der Waals surface area contributed by atoms with Gasteiger partial charge in [-0.05, 0) is 53.8 Å². The highest BCUT2D eigenvalue weighted by molar-refractivity contribution is 5.39. The molecule has 2 aromatic rings. The number of fused-ring (bicyclic) bond motifs is 1. The Hall–Kier alpha value is -1.67. The van der Waals surface area contributed by atoms with E-state index in [9.17, 15) is 4.39 Å². The minimum Gasteiger partial charge on any atom is -0.312 e. The lowest BCUT2D eigenvalue weighted by molar-refractivity contribution is 0.627. The maximum absolute atomic E-state index is 12.9. The summed E-state index contributed by atoms with van der Waals surface area (Å²) in [6, 6.07) is 13.3. The van der Waals surface area contributed by atoms with Gasteiger partial charge in [-0.2, -0.15) is 0 Å². The summed E-state index contributed by atoms with van der Waals surface area (Å²) in [5.74, 6) is -0.168. The topological polar surface area (TPSA) is 12.0 Å². The monoisotopic (exact) mass is 241 g/mol. The van der Waals surface area contributed by atoms with Gasteiger partial charge in [-0.3, -0.25) is 0 Å². The van der Waals surface area contributed by atoms with Crippen LogP contribution in [-0.4, -0.2) is 6.54 Å². The molecule has 1 aliphatic rings. The van der Waals surface area contributed by atoms with Gasteiger partial charge >= 0.3 is 0 Å². The molecule has 0 atom stereocenters. The van der Waals surface area contributed by atoms with Crippen molar-refractivity contribution >= 4 is 0 Å². The van der Waals surface area contributed by atoms with Crippen LogP contribution in [-0.2, 0) is 19.4 Å². The molecular weight excluding hydrogens is 225 g/mol. The van der Waals surface area contributed by atoms with E-state index in [1.807, 2.05) is 12.1 Å². The fraction of sp³-hybridized carbons (Fsp3) is 0.250. The standard InChI is InChI=1S/C16H16FN/c17-15-6-4-12(5-7-15)10-13-2-1-3-14-11-18-9-8-16(13)14/h1-7,18H,8-11H2. The highest BCUT2D eigenvalue weighted by Gasteiger charge is 2.12. The van der Waals surface area contributed by atoms with Crippen molar-refractivity contribution in [3.05, 3.63) is 70.5 Å². The van der Waals surface area contributed by atoms with Crippen LogP contribution in [0.15, 0.2) is 42.5 Å². The molecule has 18 heavy (non-hydrogen) atoms. The Labute approximate surface area is 107 Å². The van der Waals surface area contributed by atoms with E-state index in [4.69, 9.17) is 0 Å². The summed E-state index contributed by atoms with van der Waals surface area (Å²) in [4.78, 5) is 0. The molecule has 92 valence electrons. The molecular formula is C16H16FN. The van der Waals surface area contributed by atoms with Crippen molar-refractivity contribution in [2.45, 2.75) is 19.4 Å². The van der Waals surface area contributed by atoms with Gasteiger partial charge in [0.25, 0.3) is 0 Å². The fourth-order valence-electron chi connectivity index (χ4n) is 2.60. The molecule has 1 heterocycles. The molecule has 0 spiro atoms. The molecule has 0 amide bonds. The first kappa shape index (κ1) is 11.4. The average molecular weight is 241 g/mol. The molecule has 0 fully saturated rings. The lowest BCUT2D eigenvalue weighted by Gasteiger charge is -2.20. The summed E-state index contributed by atoms with van der Waals surface area (Å²) in [5.41, 5.74) is 5.42. The summed E-state index contributed by atoms with van der Waals surface area (Å²) >= 11 is 0. The zero-order valence-electron chi connectivity index (χ0n) is 10.2. The smallest absolute Gasteiger partial charge is 0.123 e. The maximum Gasteiger partial charge on any atom is 0.123 e. The van der Waals surface area contributed by atoms with Gasteiger partial charge in [0.15, 0.2) is 0 Å². The second-order valence-corrected chi connectivity index (χ2v) is 4.78. The number of hydrogen-bond acceptors (Lipinski definition) is 1. The number of benzene rings is 2. The van der Waals surface area contributed by atoms with Crippen LogP contribution in [0, 0.1) is 5.82 Å². The van der Waals surface area contributed by atoms with Crippen LogP contribution in [0.5, 0.6) is 0 Å². The van der Waals surface area contributed by atoms with E-state index in [0.717, 1.165) is 25.9 Å². The second-order valence-electron chi connectivity index (χ2n) is 4.78. The molecule has 0 saturated carbocycles. The number of rotatable bonds is 2. The molecule has 2 aromatic carbocycles. The Bertz CT molecular complexity index is 546. The maximum atomic E-state index is 12.9. The first-order valence-corrected chi connectivity index (χ1v) is 6.38. The fourth-order valence-corrected chi connectivity index (χ4v) is 2.60. The van der Waals surface area contributed by atoms with Crippen molar-refractivity contribution in [1.29, 1.82) is 0 Å². The van der Waals surface area contributed by atoms with Crippen LogP contribution in [0.3, 0.4) is 0 Å². The minimum atomic E-state index is -0.168. The summed E-state index contributed by atoms with van der Waals surface area (Å²) in [5, 5.41) is 3.39. The van der Waals surface area contributed by atoms with E-state index in [-0.39, 0.29) is 5.82 Å². The Balaban J connectivity index is 1.90. The van der Waals surface area contributed by atoms with Gasteiger partial charge in [-0.25, -0.2) is 4.39 Å². The predicted octanol–water partition coefficient (Wildman–Crippen LogP) is 3.06. The summed E-state index contributed by atoms with van der Waals surface area (Å²) in [7, 11) is 0. The van der Waals surface area contributed by atoms with Crippen molar-refractivity contribution < 1.29 is 4.39 Å². The molecule has 1 aliphatic heterocycles. The van der Waals surface area contributed by atoms with Gasteiger partial charge in [0.1, 0.15) is 5.82 Å². The molecule has 0 saturated heterocycles. The van der Waals surface area contributed by atoms with E-state index >= 15 is 0 Å². The van der Waals surface area contributed by atoms with Crippen LogP contribution in [0.2, 0.25) is 0 Å². The third-order valence-electron chi connectivity index (χ3n) is 3.55. The van der Waals surface area contributed by atoms with E-state index in [0.29, 0.717) is 0 Å². The van der Waals surface area contributed by atoms with Crippen LogP contribution in [0.25, 0.3) is 0 Å². The second kappa shape index (κ2) is 4.91. The Morgan fingerprint density at radius 2 is 1.89 bits per heavy atom. The number of halogens is 1. The zero-order valence-corrected chi connectivity index (χ0v) is 10.2. The van der Waals surface area contributed by atoms with E-state index in [2.05, 4.69) is 23.5 Å². The summed E-state index contributed by atoms with van der Waals surface area (Å²) in [6.07, 6.45) is 1.98. The highest BCUT2D eigenvalue weighted by atomic mass is 19.1. The van der Waals surface area contributed by atoms with Gasteiger partial charge in [0, 0.05) is 6.54 Å². The number of hydrogen-bond donors (Lipinski definition) is 1. The molecule has 3 rings (SSSR count). The lowest BCUT2D eigenvalue weighted by atomic mass is 9.92. The van der Waals surface area contributed by atoms with Gasteiger partial charge in [-0.1, -0.05) is 30.3 Å². The third-order valence-corrected chi connectivity index (χ3v) is 3.55. The Kier molecular flexibility index (Phi) is 3.11. The van der Waals surface area contributed by atoms with Crippen LogP contribution in [0.1, 0.15) is 22.3 Å². The minimum absolute atomic E-state index is 0.168. The van der Waals surface area contributed by atoms with Crippen molar-refractivity contribution in [2.24, 2.45) is 0 Å². The molecule has 2 heteroatoms. The molecule has 0 bridgehead atoms. The first-order chi connectivity index (χ1) is 8.83. The molecule has 0 radical (unpaired) electrons. The average Bonchev–Trinajstić information content (AvgIpc) is 2.42. The third kappa shape index (κ3) is 2.29. The van der Waals surface area contributed by atoms with Crippen LogP contribution >= 0.6 is 0 Å². The lowest BCUT2D eigenvalue weighted by Crippen LogP contribution is -2.24. The van der Waals surface area contributed by atoms with E-state index < -0.39 is 0 Å². The molecule has 1 nitrogen and oxygen atoms in total. The molecule has 0 aliphatic carbocycles.